The third-order valence-corrected chi connectivity index (χ3v) is 11.9. The van der Waals surface area contributed by atoms with Crippen LogP contribution in [0.3, 0.4) is 0 Å². The van der Waals surface area contributed by atoms with E-state index in [-0.39, 0.29) is 61.6 Å². The van der Waals surface area contributed by atoms with Crippen LogP contribution in [-0.2, 0) is 36.8 Å². The van der Waals surface area contributed by atoms with Crippen molar-refractivity contribution in [2.75, 3.05) is 9.44 Å². The molecule has 0 saturated heterocycles. The van der Waals surface area contributed by atoms with Crippen LogP contribution in [0.2, 0.25) is 0 Å². The number of rotatable bonds is 12. The standard InChI is InChI=1S/2C22H21N7O3S.Co/c2*1-14-13-15(2)24-22(23-14)28-33(31,32)19-11-9-17(10-12-19)25-26-20-16(3)27-29(21(20)30)18-7-5-4-6-8-18;/h2*4-13,30H,1-3H3,(H,23,24,28);/q;;+2/p-2. The molecule has 23 heteroatoms. The van der Waals surface area contributed by atoms with Crippen molar-refractivity contribution in [1.29, 1.82) is 0 Å². The maximum atomic E-state index is 12.7. The van der Waals surface area contributed by atoms with E-state index < -0.39 is 20.0 Å². The Hall–Kier alpha value is -7.73. The maximum Gasteiger partial charge on any atom is 2.00 e. The molecule has 4 aromatic heterocycles. The van der Waals surface area contributed by atoms with Crippen LogP contribution in [0.1, 0.15) is 34.2 Å². The first-order valence-corrected chi connectivity index (χ1v) is 22.8. The summed E-state index contributed by atoms with van der Waals surface area (Å²) in [6.45, 7) is 10.4. The Balaban J connectivity index is 0.000000218. The number of para-hydroxylation sites is 2. The molecule has 20 nitrogen and oxygen atoms in total. The van der Waals surface area contributed by atoms with Crippen LogP contribution in [0.25, 0.3) is 11.4 Å². The summed E-state index contributed by atoms with van der Waals surface area (Å²) in [5.74, 6) is -0.770. The van der Waals surface area contributed by atoms with E-state index in [1.165, 1.54) is 57.9 Å². The molecule has 2 N–H and O–H groups in total. The SMILES string of the molecule is Cc1cc(C)nc(NS(=O)(=O)c2ccc(N=Nc3c(C)nn(-c4ccccc4)c3[O-])cc2)n1.Cc1cc(C)nc(NS(=O)(=O)c2ccc(N=Nc3c(C)nn(-c4ccccc4)c3[O-])cc2)n1.[Co+2]. The van der Waals surface area contributed by atoms with E-state index >= 15 is 0 Å². The minimum absolute atomic E-state index is 0. The molecule has 4 heterocycles. The molecule has 343 valence electrons. The Bertz CT molecular complexity index is 3050. The molecule has 8 rings (SSSR count). The number of hydrogen-bond donors (Lipinski definition) is 2. The Morgan fingerprint density at radius 1 is 0.463 bits per heavy atom. The van der Waals surface area contributed by atoms with Crippen LogP contribution < -0.4 is 19.7 Å². The van der Waals surface area contributed by atoms with E-state index in [0.29, 0.717) is 56.9 Å². The molecule has 0 bridgehead atoms. The van der Waals surface area contributed by atoms with Gasteiger partial charge in [-0.25, -0.2) is 55.6 Å². The number of benzene rings is 4. The zero-order valence-corrected chi connectivity index (χ0v) is 39.2. The Morgan fingerprint density at radius 3 is 1.09 bits per heavy atom. The predicted molar refractivity (Wildman–Crippen MR) is 241 cm³/mol. The summed E-state index contributed by atoms with van der Waals surface area (Å²) in [6.07, 6.45) is 0. The topological polar surface area (TPSA) is 275 Å². The summed E-state index contributed by atoms with van der Waals surface area (Å²) in [5, 5.41) is 50.0. The summed E-state index contributed by atoms with van der Waals surface area (Å²) in [4.78, 5) is 16.4. The first kappa shape index (κ1) is 48.7. The minimum Gasteiger partial charge on any atom is -0.857 e. The first-order valence-electron chi connectivity index (χ1n) is 19.8. The summed E-state index contributed by atoms with van der Waals surface area (Å²) < 4.78 is 57.8. The van der Waals surface area contributed by atoms with Gasteiger partial charge in [-0.05, 0) is 126 Å². The molecule has 8 aromatic rings. The van der Waals surface area contributed by atoms with Gasteiger partial charge in [0.2, 0.25) is 11.9 Å². The molecule has 0 aliphatic heterocycles. The van der Waals surface area contributed by atoms with Crippen LogP contribution in [0, 0.1) is 41.5 Å². The summed E-state index contributed by atoms with van der Waals surface area (Å²) in [5.41, 5.74) is 5.72. The van der Waals surface area contributed by atoms with E-state index in [9.17, 15) is 27.0 Å². The second-order valence-electron chi connectivity index (χ2n) is 14.5. The van der Waals surface area contributed by atoms with Crippen molar-refractivity contribution < 1.29 is 43.8 Å². The molecule has 0 atom stereocenters. The van der Waals surface area contributed by atoms with Crippen molar-refractivity contribution in [3.8, 4) is 23.1 Å². The predicted octanol–water partition coefficient (Wildman–Crippen LogP) is 7.75. The fourth-order valence-electron chi connectivity index (χ4n) is 6.22. The van der Waals surface area contributed by atoms with Crippen molar-refractivity contribution >= 4 is 54.7 Å². The molecular formula is C44H40CoN14O6S2. The summed E-state index contributed by atoms with van der Waals surface area (Å²) >= 11 is 0. The van der Waals surface area contributed by atoms with Crippen LogP contribution in [0.15, 0.2) is 152 Å². The summed E-state index contributed by atoms with van der Waals surface area (Å²) in [7, 11) is -7.76. The van der Waals surface area contributed by atoms with E-state index in [1.807, 2.05) is 36.4 Å². The molecule has 0 unspecified atom stereocenters. The quantitative estimate of drug-likeness (QED) is 0.111. The Labute approximate surface area is 396 Å². The van der Waals surface area contributed by atoms with Gasteiger partial charge in [-0.15, -0.1) is 10.2 Å². The number of nitrogens with one attached hydrogen (secondary N) is 2. The van der Waals surface area contributed by atoms with Gasteiger partial charge < -0.3 is 10.2 Å². The number of sulfonamides is 2. The zero-order valence-electron chi connectivity index (χ0n) is 36.5. The van der Waals surface area contributed by atoms with E-state index in [2.05, 4.69) is 60.0 Å². The van der Waals surface area contributed by atoms with Gasteiger partial charge in [0, 0.05) is 34.5 Å². The number of anilines is 2. The molecule has 67 heavy (non-hydrogen) atoms. The molecule has 0 fully saturated rings. The number of aryl methyl sites for hydroxylation is 6. The second kappa shape index (κ2) is 20.6. The zero-order chi connectivity index (χ0) is 47.2. The third kappa shape index (κ3) is 11.9. The number of azo groups is 2. The van der Waals surface area contributed by atoms with E-state index in [4.69, 9.17) is 0 Å². The maximum absolute atomic E-state index is 12.7. The normalized spacial score (nSPS) is 11.6. The van der Waals surface area contributed by atoms with Gasteiger partial charge in [0.25, 0.3) is 20.0 Å². The fraction of sp³-hybridized carbons (Fsp3) is 0.136. The van der Waals surface area contributed by atoms with E-state index in [0.717, 1.165) is 0 Å². The average molecular weight is 984 g/mol. The van der Waals surface area contributed by atoms with Crippen molar-refractivity contribution in [2.24, 2.45) is 20.5 Å². The van der Waals surface area contributed by atoms with Crippen LogP contribution in [0.4, 0.5) is 34.6 Å². The Morgan fingerprint density at radius 2 is 0.776 bits per heavy atom. The minimum atomic E-state index is -3.88. The summed E-state index contributed by atoms with van der Waals surface area (Å²) in [6, 6.07) is 33.0. The number of aromatic nitrogens is 8. The van der Waals surface area contributed by atoms with Crippen LogP contribution in [0.5, 0.6) is 11.8 Å². The second-order valence-corrected chi connectivity index (χ2v) is 17.9. The van der Waals surface area contributed by atoms with Crippen molar-refractivity contribution in [1.82, 2.24) is 39.5 Å². The van der Waals surface area contributed by atoms with Crippen LogP contribution in [-0.4, -0.2) is 56.3 Å². The smallest absolute Gasteiger partial charge is 0.857 e. The number of nitrogens with zero attached hydrogens (tertiary/aromatic N) is 12. The average Bonchev–Trinajstić information content (AvgIpc) is 3.73. The third-order valence-electron chi connectivity index (χ3n) is 9.22. The van der Waals surface area contributed by atoms with Gasteiger partial charge in [-0.2, -0.15) is 20.4 Å². The molecule has 0 saturated carbocycles. The van der Waals surface area contributed by atoms with Crippen molar-refractivity contribution in [3.05, 3.63) is 155 Å². The molecule has 4 aromatic carbocycles. The van der Waals surface area contributed by atoms with Gasteiger partial charge in [0.15, 0.2) is 0 Å². The van der Waals surface area contributed by atoms with Gasteiger partial charge in [0.1, 0.15) is 11.4 Å². The molecule has 0 aliphatic rings. The first-order chi connectivity index (χ1) is 31.5. The van der Waals surface area contributed by atoms with Crippen molar-refractivity contribution in [2.45, 2.75) is 51.3 Å². The molecular weight excluding hydrogens is 944 g/mol. The monoisotopic (exact) mass is 983 g/mol. The molecule has 0 spiro atoms. The van der Waals surface area contributed by atoms with Gasteiger partial charge in [0.05, 0.1) is 43.9 Å². The van der Waals surface area contributed by atoms with Crippen molar-refractivity contribution in [3.63, 3.8) is 0 Å². The van der Waals surface area contributed by atoms with Gasteiger partial charge in [-0.1, -0.05) is 36.4 Å². The number of hydrogen-bond acceptors (Lipinski definition) is 16. The largest absolute Gasteiger partial charge is 2.00 e. The fourth-order valence-corrected chi connectivity index (χ4v) is 8.10. The van der Waals surface area contributed by atoms with Gasteiger partial charge in [-0.3, -0.25) is 0 Å². The van der Waals surface area contributed by atoms with E-state index in [1.54, 1.807) is 77.9 Å². The molecule has 0 aliphatic carbocycles. The van der Waals surface area contributed by atoms with Gasteiger partial charge >= 0.3 is 16.8 Å². The molecule has 1 radical (unpaired) electrons. The van der Waals surface area contributed by atoms with Crippen LogP contribution >= 0.6 is 0 Å². The Kier molecular flexibility index (Phi) is 15.0. The molecule has 0 amide bonds.